The predicted molar refractivity (Wildman–Crippen MR) is 110 cm³/mol. The minimum Gasteiger partial charge on any atom is -0.378 e. The van der Waals surface area contributed by atoms with Crippen LogP contribution in [0.4, 0.5) is 5.82 Å². The summed E-state index contributed by atoms with van der Waals surface area (Å²) in [5.74, 6) is 0.422. The highest BCUT2D eigenvalue weighted by Crippen LogP contribution is 2.17. The van der Waals surface area contributed by atoms with Crippen LogP contribution in [0.1, 0.15) is 34.3 Å². The van der Waals surface area contributed by atoms with Crippen LogP contribution in [-0.4, -0.2) is 53.9 Å². The molecule has 2 aliphatic rings. The van der Waals surface area contributed by atoms with E-state index in [-0.39, 0.29) is 37.1 Å². The number of rotatable bonds is 6. The lowest BCUT2D eigenvalue weighted by Crippen LogP contribution is -2.36. The standard InChI is InChI=1S/C22H24N4O4/c27-20-5-6-21(28)26(20)15-16-1-3-18(4-2-16)22(29)24-14-17-7-8-23-19(13-17)25-9-11-30-12-10-25/h1-4,7-8,13H,5-6,9-12,14-15H2,(H,24,29). The van der Waals surface area contributed by atoms with Crippen molar-refractivity contribution in [2.45, 2.75) is 25.9 Å². The third-order valence-corrected chi connectivity index (χ3v) is 5.31. The summed E-state index contributed by atoms with van der Waals surface area (Å²) >= 11 is 0. The largest absolute Gasteiger partial charge is 0.378 e. The molecule has 0 atom stereocenters. The van der Waals surface area contributed by atoms with Gasteiger partial charge in [0.1, 0.15) is 5.82 Å². The van der Waals surface area contributed by atoms with E-state index >= 15 is 0 Å². The monoisotopic (exact) mass is 408 g/mol. The SMILES string of the molecule is O=C(NCc1ccnc(N2CCOCC2)c1)c1ccc(CN2C(=O)CCC2=O)cc1. The normalized spacial score (nSPS) is 16.8. The van der Waals surface area contributed by atoms with Crippen LogP contribution >= 0.6 is 0 Å². The highest BCUT2D eigenvalue weighted by Gasteiger charge is 2.28. The number of morpholine rings is 1. The van der Waals surface area contributed by atoms with Gasteiger partial charge in [-0.25, -0.2) is 4.98 Å². The first-order valence-electron chi connectivity index (χ1n) is 10.1. The van der Waals surface area contributed by atoms with Crippen LogP contribution < -0.4 is 10.2 Å². The van der Waals surface area contributed by atoms with Crippen LogP contribution in [0, 0.1) is 0 Å². The van der Waals surface area contributed by atoms with Crippen molar-refractivity contribution in [3.05, 3.63) is 59.3 Å². The molecule has 1 aromatic heterocycles. The Labute approximate surface area is 174 Å². The number of nitrogens with one attached hydrogen (secondary N) is 1. The number of anilines is 1. The molecular weight excluding hydrogens is 384 g/mol. The zero-order chi connectivity index (χ0) is 20.9. The van der Waals surface area contributed by atoms with Gasteiger partial charge in [0.25, 0.3) is 5.91 Å². The summed E-state index contributed by atoms with van der Waals surface area (Å²) in [5.41, 5.74) is 2.32. The minimum atomic E-state index is -0.181. The lowest BCUT2D eigenvalue weighted by Gasteiger charge is -2.28. The van der Waals surface area contributed by atoms with Crippen molar-refractivity contribution in [1.82, 2.24) is 15.2 Å². The number of carbonyl (C=O) groups is 3. The molecule has 0 bridgehead atoms. The van der Waals surface area contributed by atoms with Crippen LogP contribution in [0.15, 0.2) is 42.6 Å². The highest BCUT2D eigenvalue weighted by atomic mass is 16.5. The number of ether oxygens (including phenoxy) is 1. The second-order valence-electron chi connectivity index (χ2n) is 7.37. The van der Waals surface area contributed by atoms with E-state index in [0.717, 1.165) is 30.0 Å². The van der Waals surface area contributed by atoms with E-state index in [1.54, 1.807) is 30.5 Å². The van der Waals surface area contributed by atoms with Crippen molar-refractivity contribution in [3.8, 4) is 0 Å². The molecule has 3 amide bonds. The minimum absolute atomic E-state index is 0.143. The van der Waals surface area contributed by atoms with E-state index in [2.05, 4.69) is 15.2 Å². The van der Waals surface area contributed by atoms with Crippen molar-refractivity contribution >= 4 is 23.5 Å². The molecule has 0 radical (unpaired) electrons. The quantitative estimate of drug-likeness (QED) is 0.729. The van der Waals surface area contributed by atoms with Crippen LogP contribution in [0.25, 0.3) is 0 Å². The number of hydrogen-bond donors (Lipinski definition) is 1. The molecular formula is C22H24N4O4. The van der Waals surface area contributed by atoms with Crippen molar-refractivity contribution < 1.29 is 19.1 Å². The Morgan fingerprint density at radius 3 is 2.40 bits per heavy atom. The molecule has 2 aromatic rings. The molecule has 0 saturated carbocycles. The Hall–Kier alpha value is -3.26. The highest BCUT2D eigenvalue weighted by molar-refractivity contribution is 6.01. The zero-order valence-corrected chi connectivity index (χ0v) is 16.7. The average molecular weight is 408 g/mol. The van der Waals surface area contributed by atoms with Gasteiger partial charge < -0.3 is 15.0 Å². The molecule has 8 nitrogen and oxygen atoms in total. The number of amides is 3. The summed E-state index contributed by atoms with van der Waals surface area (Å²) < 4.78 is 5.37. The fourth-order valence-electron chi connectivity index (χ4n) is 3.56. The summed E-state index contributed by atoms with van der Waals surface area (Å²) in [4.78, 5) is 43.8. The third kappa shape index (κ3) is 4.65. The van der Waals surface area contributed by atoms with Gasteiger partial charge in [-0.1, -0.05) is 12.1 Å². The molecule has 1 N–H and O–H groups in total. The lowest BCUT2D eigenvalue weighted by atomic mass is 10.1. The summed E-state index contributed by atoms with van der Waals surface area (Å²) in [7, 11) is 0. The predicted octanol–water partition coefficient (Wildman–Crippen LogP) is 1.50. The molecule has 2 aliphatic heterocycles. The number of carbonyl (C=O) groups excluding carboxylic acids is 3. The maximum absolute atomic E-state index is 12.5. The summed E-state index contributed by atoms with van der Waals surface area (Å²) in [6.45, 7) is 3.66. The Bertz CT molecular complexity index is 922. The lowest BCUT2D eigenvalue weighted by molar-refractivity contribution is -0.139. The van der Waals surface area contributed by atoms with Crippen molar-refractivity contribution in [2.24, 2.45) is 0 Å². The zero-order valence-electron chi connectivity index (χ0n) is 16.7. The maximum Gasteiger partial charge on any atom is 0.251 e. The van der Waals surface area contributed by atoms with Crippen LogP contribution in [0.5, 0.6) is 0 Å². The number of benzene rings is 1. The van der Waals surface area contributed by atoms with Crippen LogP contribution in [0.3, 0.4) is 0 Å². The number of hydrogen-bond acceptors (Lipinski definition) is 6. The van der Waals surface area contributed by atoms with Crippen LogP contribution in [-0.2, 0) is 27.4 Å². The van der Waals surface area contributed by atoms with E-state index in [1.165, 1.54) is 4.90 Å². The van der Waals surface area contributed by atoms with E-state index in [1.807, 2.05) is 12.1 Å². The Morgan fingerprint density at radius 1 is 1.00 bits per heavy atom. The van der Waals surface area contributed by atoms with Gasteiger partial charge in [-0.3, -0.25) is 19.3 Å². The number of pyridine rings is 1. The van der Waals surface area contributed by atoms with E-state index in [0.29, 0.717) is 25.3 Å². The van der Waals surface area contributed by atoms with Gasteiger partial charge in [0.05, 0.1) is 19.8 Å². The number of likely N-dealkylation sites (tertiary alicyclic amines) is 1. The van der Waals surface area contributed by atoms with Crippen LogP contribution in [0.2, 0.25) is 0 Å². The smallest absolute Gasteiger partial charge is 0.251 e. The van der Waals surface area contributed by atoms with Gasteiger partial charge in [0.15, 0.2) is 0 Å². The average Bonchev–Trinajstić information content (AvgIpc) is 3.11. The Balaban J connectivity index is 1.33. The third-order valence-electron chi connectivity index (χ3n) is 5.31. The first-order chi connectivity index (χ1) is 14.6. The van der Waals surface area contributed by atoms with E-state index in [4.69, 9.17) is 4.74 Å². The molecule has 8 heteroatoms. The fourth-order valence-corrected chi connectivity index (χ4v) is 3.56. The molecule has 1 aromatic carbocycles. The topological polar surface area (TPSA) is 91.8 Å². The maximum atomic E-state index is 12.5. The molecule has 2 saturated heterocycles. The molecule has 3 heterocycles. The molecule has 30 heavy (non-hydrogen) atoms. The molecule has 0 spiro atoms. The van der Waals surface area contributed by atoms with Gasteiger partial charge in [-0.15, -0.1) is 0 Å². The number of imide groups is 1. The Morgan fingerprint density at radius 2 is 1.70 bits per heavy atom. The molecule has 0 unspecified atom stereocenters. The molecule has 0 aliphatic carbocycles. The Kier molecular flexibility index (Phi) is 6.04. The second kappa shape index (κ2) is 9.04. The van der Waals surface area contributed by atoms with Crippen molar-refractivity contribution in [2.75, 3.05) is 31.2 Å². The fraction of sp³-hybridized carbons (Fsp3) is 0.364. The van der Waals surface area contributed by atoms with Gasteiger partial charge in [-0.05, 0) is 35.4 Å². The van der Waals surface area contributed by atoms with Crippen molar-refractivity contribution in [1.29, 1.82) is 0 Å². The second-order valence-corrected chi connectivity index (χ2v) is 7.37. The number of aromatic nitrogens is 1. The van der Waals surface area contributed by atoms with Gasteiger partial charge in [0, 0.05) is 44.2 Å². The van der Waals surface area contributed by atoms with Gasteiger partial charge >= 0.3 is 0 Å². The number of nitrogens with zero attached hydrogens (tertiary/aromatic N) is 3. The first kappa shape index (κ1) is 20.0. The first-order valence-corrected chi connectivity index (χ1v) is 10.1. The van der Waals surface area contributed by atoms with Crippen molar-refractivity contribution in [3.63, 3.8) is 0 Å². The molecule has 2 fully saturated rings. The van der Waals surface area contributed by atoms with Gasteiger partial charge in [-0.2, -0.15) is 0 Å². The summed E-state index contributed by atoms with van der Waals surface area (Å²) in [6, 6.07) is 10.8. The van der Waals surface area contributed by atoms with E-state index < -0.39 is 0 Å². The molecule has 156 valence electrons. The van der Waals surface area contributed by atoms with E-state index in [9.17, 15) is 14.4 Å². The molecule has 4 rings (SSSR count). The van der Waals surface area contributed by atoms with Gasteiger partial charge in [0.2, 0.25) is 11.8 Å². The summed E-state index contributed by atoms with van der Waals surface area (Å²) in [6.07, 6.45) is 2.31. The summed E-state index contributed by atoms with van der Waals surface area (Å²) in [5, 5.41) is 2.92.